The van der Waals surface area contributed by atoms with Crippen LogP contribution in [0, 0.1) is 0 Å². The van der Waals surface area contributed by atoms with Gasteiger partial charge in [0, 0.05) is 41.2 Å². The van der Waals surface area contributed by atoms with Crippen LogP contribution in [-0.2, 0) is 0 Å². The first-order chi connectivity index (χ1) is 9.22. The van der Waals surface area contributed by atoms with Gasteiger partial charge in [-0.1, -0.05) is 37.9 Å². The number of allylic oxidation sites excluding steroid dienone is 1. The first-order valence-electron chi connectivity index (χ1n) is 6.73. The second-order valence-corrected chi connectivity index (χ2v) is 6.60. The molecule has 1 atom stereocenters. The molecule has 0 spiro atoms. The van der Waals surface area contributed by atoms with Crippen LogP contribution in [0.2, 0.25) is 0 Å². The smallest absolute Gasteiger partial charge is 0.0363 e. The van der Waals surface area contributed by atoms with E-state index >= 15 is 0 Å². The molecule has 120 valence electrons. The number of piperazine rings is 1. The maximum atomic E-state index is 3.86. The molecule has 0 saturated carbocycles. The summed E-state index contributed by atoms with van der Waals surface area (Å²) < 4.78 is 2.34. The fourth-order valence-electron chi connectivity index (χ4n) is 2.57. The molecule has 1 aliphatic heterocycles. The van der Waals surface area contributed by atoms with Crippen molar-refractivity contribution in [1.82, 2.24) is 10.2 Å². The highest BCUT2D eigenvalue weighted by atomic mass is 79.9. The Hall–Kier alpha value is 0.420. The molecule has 2 rings (SSSR count). The fraction of sp³-hybridized carbons (Fsp3) is 0.467. The zero-order valence-corrected chi connectivity index (χ0v) is 16.7. The molecule has 2 nitrogen and oxygen atoms in total. The number of halogens is 4. The molecule has 1 aromatic rings. The largest absolute Gasteiger partial charge is 0.314 e. The van der Waals surface area contributed by atoms with Crippen molar-refractivity contribution < 1.29 is 0 Å². The molecule has 1 saturated heterocycles. The van der Waals surface area contributed by atoms with Gasteiger partial charge in [0.05, 0.1) is 0 Å². The van der Waals surface area contributed by atoms with Crippen molar-refractivity contribution >= 4 is 56.7 Å². The van der Waals surface area contributed by atoms with Crippen molar-refractivity contribution in [2.24, 2.45) is 0 Å². The molecule has 6 heteroatoms. The third kappa shape index (κ3) is 6.20. The lowest BCUT2D eigenvalue weighted by Gasteiger charge is -2.35. The molecule has 0 bridgehead atoms. The Balaban J connectivity index is 0.00000200. The van der Waals surface area contributed by atoms with Crippen LogP contribution in [0.1, 0.15) is 24.4 Å². The van der Waals surface area contributed by atoms with Crippen LogP contribution in [0.5, 0.6) is 0 Å². The summed E-state index contributed by atoms with van der Waals surface area (Å²) in [5.41, 5.74) is 1.37. The van der Waals surface area contributed by atoms with E-state index < -0.39 is 0 Å². The number of benzene rings is 1. The summed E-state index contributed by atoms with van der Waals surface area (Å²) in [4.78, 5) is 2.58. The minimum atomic E-state index is 0. The SMILES string of the molecule is C=CCC[C@@H](c1cc(Br)ccc1Br)N1CCNCC1.Cl.Cl. The molecule has 1 fully saturated rings. The van der Waals surface area contributed by atoms with Crippen molar-refractivity contribution in [3.05, 3.63) is 45.4 Å². The normalized spacial score (nSPS) is 16.5. The predicted octanol–water partition coefficient (Wildman–Crippen LogP) is 4.97. The Kier molecular flexibility index (Phi) is 11.3. The highest BCUT2D eigenvalue weighted by molar-refractivity contribution is 9.11. The van der Waals surface area contributed by atoms with Crippen molar-refractivity contribution in [2.75, 3.05) is 26.2 Å². The zero-order valence-electron chi connectivity index (χ0n) is 11.9. The van der Waals surface area contributed by atoms with Gasteiger partial charge in [-0.25, -0.2) is 0 Å². The highest BCUT2D eigenvalue weighted by Crippen LogP contribution is 2.33. The van der Waals surface area contributed by atoms with E-state index in [0.29, 0.717) is 6.04 Å². The Morgan fingerprint density at radius 1 is 1.24 bits per heavy atom. The van der Waals surface area contributed by atoms with E-state index in [9.17, 15) is 0 Å². The second kappa shape index (κ2) is 11.0. The molecule has 0 amide bonds. The fourth-order valence-corrected chi connectivity index (χ4v) is 3.46. The van der Waals surface area contributed by atoms with Gasteiger partial charge >= 0.3 is 0 Å². The monoisotopic (exact) mass is 458 g/mol. The molecular weight excluding hydrogens is 439 g/mol. The summed E-state index contributed by atoms with van der Waals surface area (Å²) in [7, 11) is 0. The minimum absolute atomic E-state index is 0. The number of hydrogen-bond donors (Lipinski definition) is 1. The Bertz CT molecular complexity index is 438. The highest BCUT2D eigenvalue weighted by Gasteiger charge is 2.23. The zero-order chi connectivity index (χ0) is 13.7. The van der Waals surface area contributed by atoms with Crippen LogP contribution in [0.15, 0.2) is 39.8 Å². The van der Waals surface area contributed by atoms with Crippen LogP contribution < -0.4 is 5.32 Å². The average Bonchev–Trinajstić information content (AvgIpc) is 2.44. The van der Waals surface area contributed by atoms with Gasteiger partial charge in [-0.05, 0) is 36.6 Å². The topological polar surface area (TPSA) is 15.3 Å². The Morgan fingerprint density at radius 3 is 2.52 bits per heavy atom. The van der Waals surface area contributed by atoms with E-state index in [-0.39, 0.29) is 24.8 Å². The van der Waals surface area contributed by atoms with Crippen molar-refractivity contribution in [3.63, 3.8) is 0 Å². The number of hydrogen-bond acceptors (Lipinski definition) is 2. The number of rotatable bonds is 5. The maximum absolute atomic E-state index is 3.86. The Morgan fingerprint density at radius 2 is 1.90 bits per heavy atom. The minimum Gasteiger partial charge on any atom is -0.314 e. The quantitative estimate of drug-likeness (QED) is 0.624. The summed E-state index contributed by atoms with van der Waals surface area (Å²) in [6.45, 7) is 8.24. The van der Waals surface area contributed by atoms with Crippen molar-refractivity contribution in [1.29, 1.82) is 0 Å². The first kappa shape index (κ1) is 21.4. The van der Waals surface area contributed by atoms with E-state index in [1.807, 2.05) is 6.08 Å². The molecule has 0 aliphatic carbocycles. The number of nitrogens with one attached hydrogen (secondary N) is 1. The third-order valence-electron chi connectivity index (χ3n) is 3.55. The molecule has 0 unspecified atom stereocenters. The lowest BCUT2D eigenvalue weighted by atomic mass is 9.99. The van der Waals surface area contributed by atoms with Crippen LogP contribution in [0.4, 0.5) is 0 Å². The third-order valence-corrected chi connectivity index (χ3v) is 4.77. The maximum Gasteiger partial charge on any atom is 0.0363 e. The van der Waals surface area contributed by atoms with E-state index in [1.54, 1.807) is 0 Å². The van der Waals surface area contributed by atoms with Crippen LogP contribution in [0.3, 0.4) is 0 Å². The van der Waals surface area contributed by atoms with Gasteiger partial charge in [0.1, 0.15) is 0 Å². The molecule has 0 radical (unpaired) electrons. The number of nitrogens with zero attached hydrogens (tertiary/aromatic N) is 1. The molecule has 1 aromatic carbocycles. The van der Waals surface area contributed by atoms with E-state index in [2.05, 4.69) is 66.9 Å². The summed E-state index contributed by atoms with van der Waals surface area (Å²) in [5.74, 6) is 0. The van der Waals surface area contributed by atoms with Gasteiger partial charge in [0.2, 0.25) is 0 Å². The Labute approximate surface area is 156 Å². The van der Waals surface area contributed by atoms with Gasteiger partial charge in [-0.2, -0.15) is 0 Å². The standard InChI is InChI=1S/C15H20Br2N2.2ClH/c1-2-3-4-15(19-9-7-18-8-10-19)13-11-12(16)5-6-14(13)17;;/h2,5-6,11,15,18H,1,3-4,7-10H2;2*1H/t15-;;/m0../s1. The molecule has 1 heterocycles. The summed E-state index contributed by atoms with van der Waals surface area (Å²) in [6, 6.07) is 6.91. The lowest BCUT2D eigenvalue weighted by molar-refractivity contribution is 0.165. The molecule has 0 aromatic heterocycles. The van der Waals surface area contributed by atoms with Gasteiger partial charge in [-0.15, -0.1) is 31.4 Å². The van der Waals surface area contributed by atoms with Gasteiger partial charge in [0.15, 0.2) is 0 Å². The average molecular weight is 461 g/mol. The first-order valence-corrected chi connectivity index (χ1v) is 8.31. The van der Waals surface area contributed by atoms with Crippen LogP contribution in [0.25, 0.3) is 0 Å². The molecule has 21 heavy (non-hydrogen) atoms. The van der Waals surface area contributed by atoms with Gasteiger partial charge in [0.25, 0.3) is 0 Å². The van der Waals surface area contributed by atoms with E-state index in [0.717, 1.165) is 43.5 Å². The predicted molar refractivity (Wildman–Crippen MR) is 103 cm³/mol. The molecular formula is C15H22Br2Cl2N2. The molecule has 1 aliphatic rings. The van der Waals surface area contributed by atoms with Gasteiger partial charge < -0.3 is 5.32 Å². The summed E-state index contributed by atoms with van der Waals surface area (Å²) >= 11 is 7.29. The molecule has 1 N–H and O–H groups in total. The summed E-state index contributed by atoms with van der Waals surface area (Å²) in [5, 5.41) is 3.42. The second-order valence-electron chi connectivity index (χ2n) is 4.83. The lowest BCUT2D eigenvalue weighted by Crippen LogP contribution is -2.45. The van der Waals surface area contributed by atoms with E-state index in [1.165, 1.54) is 10.0 Å². The summed E-state index contributed by atoms with van der Waals surface area (Å²) in [6.07, 6.45) is 4.19. The van der Waals surface area contributed by atoms with Crippen molar-refractivity contribution in [2.45, 2.75) is 18.9 Å². The van der Waals surface area contributed by atoms with E-state index in [4.69, 9.17) is 0 Å². The van der Waals surface area contributed by atoms with Gasteiger partial charge in [-0.3, -0.25) is 4.90 Å². The van der Waals surface area contributed by atoms with Crippen molar-refractivity contribution in [3.8, 4) is 0 Å². The van der Waals surface area contributed by atoms with Crippen LogP contribution >= 0.6 is 56.7 Å². The van der Waals surface area contributed by atoms with Crippen LogP contribution in [-0.4, -0.2) is 31.1 Å².